The molecule has 78 valence electrons. The summed E-state index contributed by atoms with van der Waals surface area (Å²) in [5, 5.41) is 2.45. The van der Waals surface area contributed by atoms with E-state index in [2.05, 4.69) is 10.3 Å². The van der Waals surface area contributed by atoms with Gasteiger partial charge in [-0.2, -0.15) is 0 Å². The maximum Gasteiger partial charge on any atom is 0.417 e. The van der Waals surface area contributed by atoms with E-state index in [0.717, 1.165) is 0 Å². The van der Waals surface area contributed by atoms with E-state index in [4.69, 9.17) is 10.3 Å². The van der Waals surface area contributed by atoms with Crippen molar-refractivity contribution in [3.8, 4) is 0 Å². The Bertz CT molecular complexity index is 556. The van der Waals surface area contributed by atoms with Crippen molar-refractivity contribution < 1.29 is 9.21 Å². The number of aromatic nitrogens is 1. The van der Waals surface area contributed by atoms with E-state index in [9.17, 15) is 9.59 Å². The van der Waals surface area contributed by atoms with Gasteiger partial charge in [0, 0.05) is 5.69 Å². The molecule has 0 aliphatic rings. The number of rotatable bonds is 1. The Morgan fingerprint density at radius 2 is 2.27 bits per heavy atom. The molecule has 1 aromatic carbocycles. The number of carbonyl (C=O) groups is 1. The fraction of sp³-hybridized carbons (Fsp3) is 0. The number of fused-ring (bicyclic) bond motifs is 1. The van der Waals surface area contributed by atoms with Crippen LogP contribution < -0.4 is 22.3 Å². The third-order valence-corrected chi connectivity index (χ3v) is 1.81. The van der Waals surface area contributed by atoms with E-state index in [1.165, 1.54) is 0 Å². The van der Waals surface area contributed by atoms with Gasteiger partial charge in [-0.05, 0) is 18.2 Å². The fourth-order valence-electron chi connectivity index (χ4n) is 1.20. The lowest BCUT2D eigenvalue weighted by Crippen LogP contribution is -2.34. The Morgan fingerprint density at radius 3 is 3.00 bits per heavy atom. The molecule has 7 nitrogen and oxygen atoms in total. The molecule has 0 radical (unpaired) electrons. The van der Waals surface area contributed by atoms with Crippen LogP contribution in [0.2, 0.25) is 0 Å². The standard InChI is InChI=1S/C8H8N4O3/c9-12-7(13)10-4-1-2-6-5(3-4)11-8(14)15-6/h1-3H,9H2,(H,11,14)(H2,10,12,13). The van der Waals surface area contributed by atoms with Gasteiger partial charge in [-0.1, -0.05) is 0 Å². The van der Waals surface area contributed by atoms with Gasteiger partial charge in [0.15, 0.2) is 5.58 Å². The summed E-state index contributed by atoms with van der Waals surface area (Å²) in [7, 11) is 0. The van der Waals surface area contributed by atoms with E-state index < -0.39 is 11.8 Å². The second kappa shape index (κ2) is 3.46. The molecule has 2 amide bonds. The molecule has 0 aliphatic carbocycles. The van der Waals surface area contributed by atoms with E-state index in [1.54, 1.807) is 18.2 Å². The summed E-state index contributed by atoms with van der Waals surface area (Å²) in [6, 6.07) is 4.18. The maximum atomic E-state index is 10.9. The minimum absolute atomic E-state index is 0.429. The van der Waals surface area contributed by atoms with Gasteiger partial charge in [0.25, 0.3) is 0 Å². The topological polar surface area (TPSA) is 113 Å². The molecule has 0 saturated carbocycles. The molecule has 0 spiro atoms. The molecule has 1 aromatic heterocycles. The average Bonchev–Trinajstić information content (AvgIpc) is 2.57. The second-order valence-corrected chi connectivity index (χ2v) is 2.82. The number of nitrogens with two attached hydrogens (primary N) is 1. The van der Waals surface area contributed by atoms with Crippen LogP contribution in [0.4, 0.5) is 10.5 Å². The largest absolute Gasteiger partial charge is 0.417 e. The lowest BCUT2D eigenvalue weighted by Gasteiger charge is -2.02. The van der Waals surface area contributed by atoms with Gasteiger partial charge in [0.1, 0.15) is 0 Å². The van der Waals surface area contributed by atoms with Gasteiger partial charge in [0.2, 0.25) is 0 Å². The fourth-order valence-corrected chi connectivity index (χ4v) is 1.20. The van der Waals surface area contributed by atoms with E-state index in [0.29, 0.717) is 16.8 Å². The summed E-state index contributed by atoms with van der Waals surface area (Å²) < 4.78 is 4.79. The summed E-state index contributed by atoms with van der Waals surface area (Å²) in [6.07, 6.45) is 0. The van der Waals surface area contributed by atoms with E-state index in [1.807, 2.05) is 5.43 Å². The second-order valence-electron chi connectivity index (χ2n) is 2.82. The number of oxazole rings is 1. The molecule has 5 N–H and O–H groups in total. The number of H-pyrrole nitrogens is 1. The van der Waals surface area contributed by atoms with Crippen LogP contribution in [0.25, 0.3) is 11.1 Å². The van der Waals surface area contributed by atoms with Crippen molar-refractivity contribution in [2.24, 2.45) is 5.84 Å². The molecule has 0 atom stereocenters. The smallest absolute Gasteiger partial charge is 0.408 e. The van der Waals surface area contributed by atoms with Gasteiger partial charge in [0.05, 0.1) is 5.52 Å². The minimum atomic E-state index is -0.541. The number of aromatic amines is 1. The lowest BCUT2D eigenvalue weighted by atomic mass is 10.3. The molecule has 15 heavy (non-hydrogen) atoms. The highest BCUT2D eigenvalue weighted by atomic mass is 16.4. The number of carbonyl (C=O) groups excluding carboxylic acids is 1. The quantitative estimate of drug-likeness (QED) is 0.302. The normalized spacial score (nSPS) is 10.2. The first-order chi connectivity index (χ1) is 7.19. The van der Waals surface area contributed by atoms with Gasteiger partial charge in [-0.3, -0.25) is 10.4 Å². The van der Waals surface area contributed by atoms with Crippen molar-refractivity contribution in [3.05, 3.63) is 28.7 Å². The monoisotopic (exact) mass is 208 g/mol. The van der Waals surface area contributed by atoms with Crippen LogP contribution >= 0.6 is 0 Å². The van der Waals surface area contributed by atoms with E-state index >= 15 is 0 Å². The third kappa shape index (κ3) is 1.81. The van der Waals surface area contributed by atoms with Crippen molar-refractivity contribution in [2.45, 2.75) is 0 Å². The zero-order valence-corrected chi connectivity index (χ0v) is 7.53. The predicted molar refractivity (Wildman–Crippen MR) is 53.2 cm³/mol. The number of anilines is 1. The van der Waals surface area contributed by atoms with Gasteiger partial charge < -0.3 is 9.73 Å². The lowest BCUT2D eigenvalue weighted by molar-refractivity contribution is 0.252. The Hall–Kier alpha value is -2.28. The highest BCUT2D eigenvalue weighted by molar-refractivity contribution is 5.91. The highest BCUT2D eigenvalue weighted by Crippen LogP contribution is 2.15. The van der Waals surface area contributed by atoms with Crippen molar-refractivity contribution in [1.82, 2.24) is 10.4 Å². The summed E-state index contributed by atoms with van der Waals surface area (Å²) in [5.41, 5.74) is 3.36. The zero-order valence-electron chi connectivity index (χ0n) is 7.53. The molecule has 7 heteroatoms. The third-order valence-electron chi connectivity index (χ3n) is 1.81. The van der Waals surface area contributed by atoms with Crippen LogP contribution in [-0.4, -0.2) is 11.0 Å². The molecule has 0 fully saturated rings. The SMILES string of the molecule is NNC(=O)Nc1ccc2oc(=O)[nH]c2c1. The molecule has 0 bridgehead atoms. The summed E-state index contributed by atoms with van der Waals surface area (Å²) in [5.74, 6) is 4.36. The number of urea groups is 1. The van der Waals surface area contributed by atoms with E-state index in [-0.39, 0.29) is 0 Å². The van der Waals surface area contributed by atoms with Crippen molar-refractivity contribution in [1.29, 1.82) is 0 Å². The van der Waals surface area contributed by atoms with Crippen LogP contribution in [0.3, 0.4) is 0 Å². The van der Waals surface area contributed by atoms with Crippen LogP contribution in [0.15, 0.2) is 27.4 Å². The van der Waals surface area contributed by atoms with Gasteiger partial charge in [-0.25, -0.2) is 15.4 Å². The van der Waals surface area contributed by atoms with Crippen molar-refractivity contribution >= 4 is 22.8 Å². The number of hydrogen-bond donors (Lipinski definition) is 4. The van der Waals surface area contributed by atoms with Crippen LogP contribution in [0, 0.1) is 0 Å². The summed E-state index contributed by atoms with van der Waals surface area (Å²) >= 11 is 0. The molecule has 1 heterocycles. The molecule has 2 aromatic rings. The minimum Gasteiger partial charge on any atom is -0.408 e. The molecular formula is C8H8N4O3. The number of nitrogens with one attached hydrogen (secondary N) is 3. The van der Waals surface area contributed by atoms with Crippen LogP contribution in [0.5, 0.6) is 0 Å². The molecule has 0 saturated heterocycles. The Kier molecular flexibility index (Phi) is 2.14. The first-order valence-electron chi connectivity index (χ1n) is 4.09. The van der Waals surface area contributed by atoms with Gasteiger partial charge >= 0.3 is 11.8 Å². The highest BCUT2D eigenvalue weighted by Gasteiger charge is 2.03. The Balaban J connectivity index is 2.38. The number of benzene rings is 1. The Morgan fingerprint density at radius 1 is 1.47 bits per heavy atom. The van der Waals surface area contributed by atoms with Gasteiger partial charge in [-0.15, -0.1) is 0 Å². The first kappa shape index (κ1) is 9.28. The number of amides is 2. The first-order valence-corrected chi connectivity index (χ1v) is 4.09. The molecule has 0 unspecified atom stereocenters. The summed E-state index contributed by atoms with van der Waals surface area (Å²) in [4.78, 5) is 24.2. The summed E-state index contributed by atoms with van der Waals surface area (Å²) in [6.45, 7) is 0. The predicted octanol–water partition coefficient (Wildman–Crippen LogP) is 0.116. The molecule has 2 rings (SSSR count). The zero-order chi connectivity index (χ0) is 10.8. The van der Waals surface area contributed by atoms with Crippen LogP contribution in [0.1, 0.15) is 0 Å². The molecule has 0 aliphatic heterocycles. The van der Waals surface area contributed by atoms with Crippen LogP contribution in [-0.2, 0) is 0 Å². The maximum absolute atomic E-state index is 10.9. The number of hydrogen-bond acceptors (Lipinski definition) is 4. The molecular weight excluding hydrogens is 200 g/mol. The number of hydrazine groups is 1. The average molecular weight is 208 g/mol. The van der Waals surface area contributed by atoms with Crippen molar-refractivity contribution in [2.75, 3.05) is 5.32 Å². The van der Waals surface area contributed by atoms with Crippen molar-refractivity contribution in [3.63, 3.8) is 0 Å². The Labute approximate surface area is 83.2 Å².